The SMILES string of the molecule is O=C(C1CCCN(S(=O)(=O)c2cccc3nsnc23)C1)N1CCCC1. The first-order chi connectivity index (χ1) is 12.1. The van der Waals surface area contributed by atoms with Crippen LogP contribution in [0.5, 0.6) is 0 Å². The van der Waals surface area contributed by atoms with Crippen LogP contribution in [-0.2, 0) is 14.8 Å². The molecule has 25 heavy (non-hydrogen) atoms. The predicted molar refractivity (Wildman–Crippen MR) is 94.7 cm³/mol. The van der Waals surface area contributed by atoms with Crippen molar-refractivity contribution in [2.24, 2.45) is 5.92 Å². The number of rotatable bonds is 3. The van der Waals surface area contributed by atoms with E-state index in [4.69, 9.17) is 0 Å². The fraction of sp³-hybridized carbons (Fsp3) is 0.562. The maximum Gasteiger partial charge on any atom is 0.245 e. The van der Waals surface area contributed by atoms with Crippen molar-refractivity contribution in [3.8, 4) is 0 Å². The molecule has 7 nitrogen and oxygen atoms in total. The Morgan fingerprint density at radius 2 is 1.92 bits per heavy atom. The zero-order valence-electron chi connectivity index (χ0n) is 13.8. The van der Waals surface area contributed by atoms with Crippen LogP contribution in [-0.4, -0.2) is 58.5 Å². The molecule has 0 radical (unpaired) electrons. The molecule has 1 aromatic carbocycles. The monoisotopic (exact) mass is 380 g/mol. The van der Waals surface area contributed by atoms with Gasteiger partial charge in [-0.25, -0.2) is 8.42 Å². The molecular weight excluding hydrogens is 360 g/mol. The van der Waals surface area contributed by atoms with Crippen LogP contribution < -0.4 is 0 Å². The van der Waals surface area contributed by atoms with Crippen molar-refractivity contribution < 1.29 is 13.2 Å². The standard InChI is InChI=1S/C16H20N4O3S2/c21-16(19-8-1-2-9-19)12-5-4-10-20(11-12)25(22,23)14-7-3-6-13-15(14)18-24-17-13/h3,6-7,12H,1-2,4-5,8-11H2. The highest BCUT2D eigenvalue weighted by Crippen LogP contribution is 2.29. The number of hydrogen-bond acceptors (Lipinski definition) is 6. The minimum atomic E-state index is -3.68. The molecule has 1 amide bonds. The van der Waals surface area contributed by atoms with Gasteiger partial charge in [-0.3, -0.25) is 4.79 Å². The number of likely N-dealkylation sites (tertiary alicyclic amines) is 1. The van der Waals surface area contributed by atoms with Gasteiger partial charge in [0.05, 0.1) is 17.6 Å². The van der Waals surface area contributed by atoms with Crippen LogP contribution in [0.25, 0.3) is 11.0 Å². The summed E-state index contributed by atoms with van der Waals surface area (Å²) in [6.07, 6.45) is 3.54. The summed E-state index contributed by atoms with van der Waals surface area (Å²) in [6.45, 7) is 2.30. The fourth-order valence-electron chi connectivity index (χ4n) is 3.69. The van der Waals surface area contributed by atoms with E-state index >= 15 is 0 Å². The van der Waals surface area contributed by atoms with Gasteiger partial charge in [-0.2, -0.15) is 13.1 Å². The third-order valence-electron chi connectivity index (χ3n) is 5.02. The molecule has 2 saturated heterocycles. The predicted octanol–water partition coefficient (Wildman–Crippen LogP) is 1.71. The molecule has 1 unspecified atom stereocenters. The number of carbonyl (C=O) groups excluding carboxylic acids is 1. The van der Waals surface area contributed by atoms with Gasteiger partial charge in [0.2, 0.25) is 15.9 Å². The molecule has 0 spiro atoms. The quantitative estimate of drug-likeness (QED) is 0.809. The van der Waals surface area contributed by atoms with E-state index in [-0.39, 0.29) is 23.3 Å². The van der Waals surface area contributed by atoms with Crippen LogP contribution in [0.3, 0.4) is 0 Å². The molecule has 2 aromatic rings. The number of fused-ring (bicyclic) bond motifs is 1. The Morgan fingerprint density at radius 1 is 1.12 bits per heavy atom. The average molecular weight is 380 g/mol. The van der Waals surface area contributed by atoms with Gasteiger partial charge in [-0.05, 0) is 37.8 Å². The molecule has 1 aromatic heterocycles. The van der Waals surface area contributed by atoms with E-state index in [2.05, 4.69) is 8.75 Å². The normalized spacial score (nSPS) is 22.6. The number of carbonyl (C=O) groups is 1. The zero-order valence-corrected chi connectivity index (χ0v) is 15.4. The van der Waals surface area contributed by atoms with E-state index in [1.807, 2.05) is 4.90 Å². The Bertz CT molecular complexity index is 890. The van der Waals surface area contributed by atoms with Crippen molar-refractivity contribution in [2.45, 2.75) is 30.6 Å². The van der Waals surface area contributed by atoms with Crippen LogP contribution in [0.15, 0.2) is 23.1 Å². The van der Waals surface area contributed by atoms with Crippen LogP contribution in [0.1, 0.15) is 25.7 Å². The van der Waals surface area contributed by atoms with Gasteiger partial charge >= 0.3 is 0 Å². The van der Waals surface area contributed by atoms with E-state index < -0.39 is 10.0 Å². The minimum Gasteiger partial charge on any atom is -0.342 e. The second kappa shape index (κ2) is 6.62. The molecule has 3 heterocycles. The first kappa shape index (κ1) is 16.9. The lowest BCUT2D eigenvalue weighted by molar-refractivity contribution is -0.135. The third-order valence-corrected chi connectivity index (χ3v) is 7.46. The average Bonchev–Trinajstić information content (AvgIpc) is 3.32. The Labute approximate surface area is 151 Å². The third kappa shape index (κ3) is 3.04. The number of aromatic nitrogens is 2. The van der Waals surface area contributed by atoms with Gasteiger partial charge in [0.1, 0.15) is 15.9 Å². The summed E-state index contributed by atoms with van der Waals surface area (Å²) in [4.78, 5) is 14.7. The Kier molecular flexibility index (Phi) is 4.47. The molecule has 4 rings (SSSR count). The van der Waals surface area contributed by atoms with Gasteiger partial charge in [-0.15, -0.1) is 0 Å². The van der Waals surface area contributed by atoms with Gasteiger partial charge in [-0.1, -0.05) is 6.07 Å². The van der Waals surface area contributed by atoms with Crippen LogP contribution in [0.4, 0.5) is 0 Å². The summed E-state index contributed by atoms with van der Waals surface area (Å²) >= 11 is 1.01. The van der Waals surface area contributed by atoms with E-state index in [1.165, 1.54) is 4.31 Å². The lowest BCUT2D eigenvalue weighted by Crippen LogP contribution is -2.46. The van der Waals surface area contributed by atoms with E-state index in [0.717, 1.165) is 44.1 Å². The highest BCUT2D eigenvalue weighted by atomic mass is 32.2. The molecule has 0 saturated carbocycles. The molecule has 0 N–H and O–H groups in total. The maximum atomic E-state index is 13.1. The molecule has 2 fully saturated rings. The van der Waals surface area contributed by atoms with Crippen LogP contribution >= 0.6 is 11.7 Å². The van der Waals surface area contributed by atoms with Crippen molar-refractivity contribution >= 4 is 38.7 Å². The minimum absolute atomic E-state index is 0.103. The largest absolute Gasteiger partial charge is 0.342 e. The molecule has 9 heteroatoms. The number of nitrogens with zero attached hydrogens (tertiary/aromatic N) is 4. The lowest BCUT2D eigenvalue weighted by atomic mass is 9.98. The number of benzene rings is 1. The molecule has 0 bridgehead atoms. The van der Waals surface area contributed by atoms with Gasteiger partial charge in [0.15, 0.2) is 0 Å². The maximum absolute atomic E-state index is 13.1. The van der Waals surface area contributed by atoms with Gasteiger partial charge < -0.3 is 4.90 Å². The molecular formula is C16H20N4O3S2. The van der Waals surface area contributed by atoms with Crippen molar-refractivity contribution in [1.29, 1.82) is 0 Å². The second-order valence-corrected chi connectivity index (χ2v) is 9.06. The topological polar surface area (TPSA) is 83.5 Å². The molecule has 2 aliphatic heterocycles. The number of amides is 1. The molecule has 134 valence electrons. The Hall–Kier alpha value is -1.58. The molecule has 2 aliphatic rings. The first-order valence-electron chi connectivity index (χ1n) is 8.57. The second-order valence-electron chi connectivity index (χ2n) is 6.62. The van der Waals surface area contributed by atoms with E-state index in [1.54, 1.807) is 18.2 Å². The molecule has 1 atom stereocenters. The van der Waals surface area contributed by atoms with Gasteiger partial charge in [0, 0.05) is 26.2 Å². The van der Waals surface area contributed by atoms with Crippen molar-refractivity contribution in [3.63, 3.8) is 0 Å². The number of piperidine rings is 1. The summed E-state index contributed by atoms with van der Waals surface area (Å²) in [5.74, 6) is -0.139. The zero-order chi connectivity index (χ0) is 17.4. The summed E-state index contributed by atoms with van der Waals surface area (Å²) in [7, 11) is -3.68. The molecule has 0 aliphatic carbocycles. The summed E-state index contributed by atoms with van der Waals surface area (Å²) < 4.78 is 36.0. The summed E-state index contributed by atoms with van der Waals surface area (Å²) in [6, 6.07) is 5.02. The number of sulfonamides is 1. The lowest BCUT2D eigenvalue weighted by Gasteiger charge is -2.33. The highest BCUT2D eigenvalue weighted by Gasteiger charge is 2.36. The van der Waals surface area contributed by atoms with Crippen molar-refractivity contribution in [2.75, 3.05) is 26.2 Å². The smallest absolute Gasteiger partial charge is 0.245 e. The first-order valence-corrected chi connectivity index (χ1v) is 10.7. The van der Waals surface area contributed by atoms with E-state index in [0.29, 0.717) is 24.0 Å². The Morgan fingerprint density at radius 3 is 2.72 bits per heavy atom. The van der Waals surface area contributed by atoms with Crippen LogP contribution in [0, 0.1) is 5.92 Å². The Balaban J connectivity index is 1.60. The van der Waals surface area contributed by atoms with Crippen molar-refractivity contribution in [1.82, 2.24) is 18.0 Å². The summed E-state index contributed by atoms with van der Waals surface area (Å²) in [5.41, 5.74) is 1.01. The number of hydrogen-bond donors (Lipinski definition) is 0. The fourth-order valence-corrected chi connectivity index (χ4v) is 5.96. The highest BCUT2D eigenvalue weighted by molar-refractivity contribution is 7.89. The van der Waals surface area contributed by atoms with Crippen molar-refractivity contribution in [3.05, 3.63) is 18.2 Å². The van der Waals surface area contributed by atoms with Crippen LogP contribution in [0.2, 0.25) is 0 Å². The summed E-state index contributed by atoms with van der Waals surface area (Å²) in [5, 5.41) is 0. The van der Waals surface area contributed by atoms with E-state index in [9.17, 15) is 13.2 Å². The van der Waals surface area contributed by atoms with Gasteiger partial charge in [0.25, 0.3) is 0 Å².